The van der Waals surface area contributed by atoms with E-state index in [1.165, 1.54) is 12.8 Å². The van der Waals surface area contributed by atoms with Crippen LogP contribution in [0.4, 0.5) is 0 Å². The van der Waals surface area contributed by atoms with Crippen molar-refractivity contribution in [2.24, 2.45) is 23.7 Å². The molecular weight excluding hydrogens is 198 g/mol. The summed E-state index contributed by atoms with van der Waals surface area (Å²) in [4.78, 5) is 0. The van der Waals surface area contributed by atoms with Crippen LogP contribution in [0.15, 0.2) is 0 Å². The zero-order valence-corrected chi connectivity index (χ0v) is 11.3. The molecule has 3 atom stereocenters. The van der Waals surface area contributed by atoms with Crippen molar-refractivity contribution in [2.45, 2.75) is 46.1 Å². The van der Waals surface area contributed by atoms with Crippen LogP contribution in [0.25, 0.3) is 0 Å². The Morgan fingerprint density at radius 1 is 1.19 bits per heavy atom. The molecule has 3 unspecified atom stereocenters. The van der Waals surface area contributed by atoms with Crippen molar-refractivity contribution in [3.8, 4) is 0 Å². The predicted molar refractivity (Wildman–Crippen MR) is 67.4 cm³/mol. The zero-order chi connectivity index (χ0) is 11.8. The molecule has 2 aliphatic rings. The normalized spacial score (nSPS) is 40.1. The number of rotatable bonds is 2. The Bertz CT molecular complexity index is 231. The van der Waals surface area contributed by atoms with E-state index in [9.17, 15) is 0 Å². The predicted octanol–water partition coefficient (Wildman–Crippen LogP) is 2.68. The van der Waals surface area contributed by atoms with Crippen molar-refractivity contribution in [1.82, 2.24) is 5.32 Å². The van der Waals surface area contributed by atoms with Crippen LogP contribution >= 0.6 is 0 Å². The summed E-state index contributed by atoms with van der Waals surface area (Å²) in [6, 6.07) is 0. The average molecular weight is 225 g/mol. The zero-order valence-electron chi connectivity index (χ0n) is 11.3. The van der Waals surface area contributed by atoms with Gasteiger partial charge in [-0.2, -0.15) is 0 Å². The van der Waals surface area contributed by atoms with E-state index in [0.717, 1.165) is 43.4 Å². The summed E-state index contributed by atoms with van der Waals surface area (Å²) >= 11 is 0. The van der Waals surface area contributed by atoms with Crippen molar-refractivity contribution in [1.29, 1.82) is 0 Å². The third kappa shape index (κ3) is 2.02. The average Bonchev–Trinajstić information content (AvgIpc) is 2.58. The van der Waals surface area contributed by atoms with Gasteiger partial charge in [0.1, 0.15) is 0 Å². The Labute approximate surface area is 100 Å². The van der Waals surface area contributed by atoms with Gasteiger partial charge in [0.15, 0.2) is 0 Å². The standard InChI is InChI=1S/C14H27NO/c1-10(2)12-5-6-14(13(12)11(3)4)9-15-7-8-16-14/h10-13,15H,5-9H2,1-4H3. The highest BCUT2D eigenvalue weighted by molar-refractivity contribution is 5.03. The molecule has 1 aliphatic heterocycles. The van der Waals surface area contributed by atoms with Gasteiger partial charge in [0.05, 0.1) is 12.2 Å². The first-order valence-corrected chi connectivity index (χ1v) is 6.91. The second-order valence-corrected chi connectivity index (χ2v) is 6.31. The summed E-state index contributed by atoms with van der Waals surface area (Å²) in [6.45, 7) is 12.5. The quantitative estimate of drug-likeness (QED) is 0.780. The van der Waals surface area contributed by atoms with Crippen LogP contribution in [0.2, 0.25) is 0 Å². The highest BCUT2D eigenvalue weighted by Gasteiger charge is 2.51. The van der Waals surface area contributed by atoms with Gasteiger partial charge in [-0.25, -0.2) is 0 Å². The smallest absolute Gasteiger partial charge is 0.0840 e. The minimum atomic E-state index is 0.154. The van der Waals surface area contributed by atoms with Gasteiger partial charge in [-0.1, -0.05) is 27.7 Å². The van der Waals surface area contributed by atoms with Crippen LogP contribution < -0.4 is 5.32 Å². The third-order valence-electron chi connectivity index (χ3n) is 4.64. The highest BCUT2D eigenvalue weighted by Crippen LogP contribution is 2.49. The van der Waals surface area contributed by atoms with Crippen LogP contribution in [0, 0.1) is 23.7 Å². The van der Waals surface area contributed by atoms with Gasteiger partial charge in [-0.05, 0) is 36.5 Å². The van der Waals surface area contributed by atoms with Crippen LogP contribution in [0.3, 0.4) is 0 Å². The molecule has 94 valence electrons. The molecule has 16 heavy (non-hydrogen) atoms. The fourth-order valence-corrected chi connectivity index (χ4v) is 4.05. The molecule has 2 fully saturated rings. The Kier molecular flexibility index (Phi) is 3.60. The lowest BCUT2D eigenvalue weighted by molar-refractivity contribution is -0.110. The number of nitrogens with one attached hydrogen (secondary N) is 1. The topological polar surface area (TPSA) is 21.3 Å². The summed E-state index contributed by atoms with van der Waals surface area (Å²) < 4.78 is 6.22. The maximum Gasteiger partial charge on any atom is 0.0840 e. The van der Waals surface area contributed by atoms with Gasteiger partial charge >= 0.3 is 0 Å². The van der Waals surface area contributed by atoms with Crippen LogP contribution in [-0.2, 0) is 4.74 Å². The van der Waals surface area contributed by atoms with Gasteiger partial charge in [0.25, 0.3) is 0 Å². The lowest BCUT2D eigenvalue weighted by Gasteiger charge is -2.43. The molecule has 2 rings (SSSR count). The molecule has 0 aromatic rings. The lowest BCUT2D eigenvalue weighted by Crippen LogP contribution is -2.54. The third-order valence-corrected chi connectivity index (χ3v) is 4.64. The van der Waals surface area contributed by atoms with Gasteiger partial charge < -0.3 is 10.1 Å². The number of ether oxygens (including phenoxy) is 1. The molecule has 2 nitrogen and oxygen atoms in total. The molecule has 0 bridgehead atoms. The van der Waals surface area contributed by atoms with E-state index in [-0.39, 0.29) is 5.60 Å². The van der Waals surface area contributed by atoms with E-state index in [4.69, 9.17) is 4.74 Å². The van der Waals surface area contributed by atoms with Crippen LogP contribution in [0.5, 0.6) is 0 Å². The summed E-state index contributed by atoms with van der Waals surface area (Å²) in [7, 11) is 0. The molecular formula is C14H27NO. The molecule has 0 radical (unpaired) electrons. The Morgan fingerprint density at radius 3 is 2.44 bits per heavy atom. The SMILES string of the molecule is CC(C)C1CCC2(CNCCO2)C1C(C)C. The Balaban J connectivity index is 2.19. The summed E-state index contributed by atoms with van der Waals surface area (Å²) in [5.41, 5.74) is 0.154. The maximum absolute atomic E-state index is 6.22. The molecule has 0 amide bonds. The van der Waals surface area contributed by atoms with Crippen LogP contribution in [-0.4, -0.2) is 25.3 Å². The first-order chi connectivity index (χ1) is 7.57. The number of morpholine rings is 1. The highest BCUT2D eigenvalue weighted by atomic mass is 16.5. The number of hydrogen-bond acceptors (Lipinski definition) is 2. The van der Waals surface area contributed by atoms with Crippen LogP contribution in [0.1, 0.15) is 40.5 Å². The summed E-state index contributed by atoms with van der Waals surface area (Å²) in [5.74, 6) is 3.10. The van der Waals surface area contributed by atoms with Crippen molar-refractivity contribution >= 4 is 0 Å². The molecule has 1 aliphatic carbocycles. The van der Waals surface area contributed by atoms with Gasteiger partial charge in [-0.15, -0.1) is 0 Å². The van der Waals surface area contributed by atoms with E-state index >= 15 is 0 Å². The molecule has 2 heteroatoms. The Hall–Kier alpha value is -0.0800. The van der Waals surface area contributed by atoms with Gasteiger partial charge in [-0.3, -0.25) is 0 Å². The van der Waals surface area contributed by atoms with Crippen molar-refractivity contribution in [3.05, 3.63) is 0 Å². The molecule has 1 saturated carbocycles. The van der Waals surface area contributed by atoms with E-state index in [1.54, 1.807) is 0 Å². The van der Waals surface area contributed by atoms with E-state index in [0.29, 0.717) is 0 Å². The largest absolute Gasteiger partial charge is 0.372 e. The first kappa shape index (κ1) is 12.4. The van der Waals surface area contributed by atoms with E-state index in [1.807, 2.05) is 0 Å². The van der Waals surface area contributed by atoms with Gasteiger partial charge in [0, 0.05) is 13.1 Å². The second kappa shape index (κ2) is 4.66. The summed E-state index contributed by atoms with van der Waals surface area (Å²) in [5, 5.41) is 3.54. The van der Waals surface area contributed by atoms with Crippen molar-refractivity contribution in [3.63, 3.8) is 0 Å². The van der Waals surface area contributed by atoms with Crippen molar-refractivity contribution < 1.29 is 4.74 Å². The maximum atomic E-state index is 6.22. The molecule has 1 saturated heterocycles. The second-order valence-electron chi connectivity index (χ2n) is 6.31. The summed E-state index contributed by atoms with van der Waals surface area (Å²) in [6.07, 6.45) is 2.61. The molecule has 1 N–H and O–H groups in total. The minimum Gasteiger partial charge on any atom is -0.372 e. The Morgan fingerprint density at radius 2 is 1.94 bits per heavy atom. The lowest BCUT2D eigenvalue weighted by atomic mass is 9.73. The van der Waals surface area contributed by atoms with Crippen molar-refractivity contribution in [2.75, 3.05) is 19.7 Å². The molecule has 0 aromatic carbocycles. The fourth-order valence-electron chi connectivity index (χ4n) is 4.05. The van der Waals surface area contributed by atoms with E-state index < -0.39 is 0 Å². The minimum absolute atomic E-state index is 0.154. The molecule has 0 aromatic heterocycles. The monoisotopic (exact) mass is 225 g/mol. The number of hydrogen-bond donors (Lipinski definition) is 1. The fraction of sp³-hybridized carbons (Fsp3) is 1.00. The van der Waals surface area contributed by atoms with Gasteiger partial charge in [0.2, 0.25) is 0 Å². The molecule has 1 heterocycles. The first-order valence-electron chi connectivity index (χ1n) is 6.91. The van der Waals surface area contributed by atoms with E-state index in [2.05, 4.69) is 33.0 Å². The molecule has 1 spiro atoms.